The Bertz CT molecular complexity index is 1050. The maximum Gasteiger partial charge on any atom is 0.362 e. The summed E-state index contributed by atoms with van der Waals surface area (Å²) >= 11 is 0. The van der Waals surface area contributed by atoms with E-state index in [1.165, 1.54) is 32.1 Å². The zero-order chi connectivity index (χ0) is 24.4. The molecule has 1 saturated carbocycles. The molecule has 0 bridgehead atoms. The Morgan fingerprint density at radius 3 is 2.47 bits per heavy atom. The fraction of sp³-hybridized carbons (Fsp3) is 0.679. The van der Waals surface area contributed by atoms with Crippen LogP contribution in [-0.4, -0.2) is 45.2 Å². The van der Waals surface area contributed by atoms with Crippen molar-refractivity contribution in [2.45, 2.75) is 104 Å². The van der Waals surface area contributed by atoms with Gasteiger partial charge >= 0.3 is 5.97 Å². The summed E-state index contributed by atoms with van der Waals surface area (Å²) in [6, 6.07) is 9.24. The highest BCUT2D eigenvalue weighted by atomic mass is 16.5. The molecule has 2 heterocycles. The van der Waals surface area contributed by atoms with Crippen molar-refractivity contribution in [1.82, 2.24) is 14.5 Å². The molecule has 1 aliphatic heterocycles. The highest BCUT2D eigenvalue weighted by molar-refractivity contribution is 5.89. The first-order chi connectivity index (χ1) is 16.3. The number of para-hydroxylation sites is 2. The molecular formula is C28H41N3O3. The van der Waals surface area contributed by atoms with E-state index in [4.69, 9.17) is 4.74 Å². The van der Waals surface area contributed by atoms with Crippen LogP contribution < -0.4 is 5.56 Å². The topological polar surface area (TPSA) is 64.4 Å². The molecule has 3 atom stereocenters. The number of ether oxygens (including phenoxy) is 1. The first kappa shape index (κ1) is 24.9. The first-order valence-electron chi connectivity index (χ1n) is 13.3. The lowest BCUT2D eigenvalue weighted by Crippen LogP contribution is -2.46. The quantitative estimate of drug-likeness (QED) is 0.497. The summed E-state index contributed by atoms with van der Waals surface area (Å²) in [6.45, 7) is 11.1. The summed E-state index contributed by atoms with van der Waals surface area (Å²) in [5, 5.41) is 0. The highest BCUT2D eigenvalue weighted by Gasteiger charge is 2.38. The molecule has 0 spiro atoms. The number of hydrogen-bond donors (Lipinski definition) is 0. The van der Waals surface area contributed by atoms with E-state index in [0.717, 1.165) is 30.2 Å². The minimum atomic E-state index is -0.641. The molecule has 2 aliphatic rings. The average molecular weight is 468 g/mol. The van der Waals surface area contributed by atoms with E-state index in [0.29, 0.717) is 23.6 Å². The predicted octanol–water partition coefficient (Wildman–Crippen LogP) is 5.59. The van der Waals surface area contributed by atoms with Gasteiger partial charge in [-0.05, 0) is 89.7 Å². The number of aromatic nitrogens is 2. The van der Waals surface area contributed by atoms with Gasteiger partial charge in [0.2, 0.25) is 5.69 Å². The van der Waals surface area contributed by atoms with Gasteiger partial charge in [-0.2, -0.15) is 0 Å². The van der Waals surface area contributed by atoms with Crippen LogP contribution in [0.1, 0.15) is 96.1 Å². The molecule has 1 saturated heterocycles. The third kappa shape index (κ3) is 4.93. The smallest absolute Gasteiger partial charge is 0.362 e. The second-order valence-electron chi connectivity index (χ2n) is 10.8. The Kier molecular flexibility index (Phi) is 7.76. The normalized spacial score (nSPS) is 26.8. The molecular weight excluding hydrogens is 426 g/mol. The molecule has 6 heteroatoms. The van der Waals surface area contributed by atoms with Crippen LogP contribution in [0.15, 0.2) is 29.1 Å². The van der Waals surface area contributed by atoms with Gasteiger partial charge in [0.05, 0.1) is 17.6 Å². The number of nitrogens with zero attached hydrogens (tertiary/aromatic N) is 3. The standard InChI is InChI=1S/C28H41N3O3/c1-6-34-28(33)26-27(32)31(25-10-8-7-9-24(25)29-26)20(5)17-23-14-11-19(4)30(23)22-15-12-21(13-16-22)18(2)3/h7-10,18-23H,6,11-17H2,1-5H3/t19-,20-,21-,22+,23-/m0/s1. The zero-order valence-corrected chi connectivity index (χ0v) is 21.5. The van der Waals surface area contributed by atoms with Gasteiger partial charge in [0.15, 0.2) is 0 Å². The van der Waals surface area contributed by atoms with Crippen molar-refractivity contribution in [2.75, 3.05) is 6.61 Å². The van der Waals surface area contributed by atoms with Gasteiger partial charge in [-0.25, -0.2) is 9.78 Å². The van der Waals surface area contributed by atoms with Crippen LogP contribution >= 0.6 is 0 Å². The number of carbonyl (C=O) groups excluding carboxylic acids is 1. The zero-order valence-electron chi connectivity index (χ0n) is 21.5. The van der Waals surface area contributed by atoms with E-state index in [-0.39, 0.29) is 23.9 Å². The van der Waals surface area contributed by atoms with Crippen LogP contribution in [-0.2, 0) is 4.74 Å². The van der Waals surface area contributed by atoms with Gasteiger partial charge in [0, 0.05) is 24.2 Å². The van der Waals surface area contributed by atoms with E-state index in [1.807, 2.05) is 24.3 Å². The van der Waals surface area contributed by atoms with Gasteiger partial charge in [-0.3, -0.25) is 9.69 Å². The monoisotopic (exact) mass is 467 g/mol. The summed E-state index contributed by atoms with van der Waals surface area (Å²) in [6.07, 6.45) is 8.48. The summed E-state index contributed by atoms with van der Waals surface area (Å²) in [7, 11) is 0. The maximum atomic E-state index is 13.4. The Hall–Kier alpha value is -2.21. The SMILES string of the molecule is CCOC(=O)c1nc2ccccc2n([C@@H](C)C[C@@H]2CC[C@H](C)N2[C@H]2CC[C@@H](C(C)C)CC2)c1=O. The van der Waals surface area contributed by atoms with Crippen molar-refractivity contribution in [3.05, 3.63) is 40.3 Å². The predicted molar refractivity (Wildman–Crippen MR) is 136 cm³/mol. The minimum Gasteiger partial charge on any atom is -0.461 e. The van der Waals surface area contributed by atoms with Crippen LogP contribution in [0.2, 0.25) is 0 Å². The number of benzene rings is 1. The number of rotatable bonds is 7. The van der Waals surface area contributed by atoms with E-state index in [9.17, 15) is 9.59 Å². The Balaban J connectivity index is 1.60. The summed E-state index contributed by atoms with van der Waals surface area (Å²) in [4.78, 5) is 33.1. The molecule has 1 aliphatic carbocycles. The van der Waals surface area contributed by atoms with E-state index < -0.39 is 5.97 Å². The fourth-order valence-electron chi connectivity index (χ4n) is 6.48. The number of hydrogen-bond acceptors (Lipinski definition) is 5. The van der Waals surface area contributed by atoms with Crippen molar-refractivity contribution < 1.29 is 9.53 Å². The van der Waals surface area contributed by atoms with Crippen molar-refractivity contribution in [2.24, 2.45) is 11.8 Å². The molecule has 0 N–H and O–H groups in total. The van der Waals surface area contributed by atoms with Crippen molar-refractivity contribution in [3.8, 4) is 0 Å². The summed E-state index contributed by atoms with van der Waals surface area (Å²) in [5.74, 6) is 0.986. The third-order valence-electron chi connectivity index (χ3n) is 8.27. The van der Waals surface area contributed by atoms with Gasteiger partial charge < -0.3 is 9.30 Å². The van der Waals surface area contributed by atoms with Gasteiger partial charge in [-0.1, -0.05) is 26.0 Å². The van der Waals surface area contributed by atoms with Crippen LogP contribution in [0.3, 0.4) is 0 Å². The van der Waals surface area contributed by atoms with Crippen LogP contribution in [0.25, 0.3) is 11.0 Å². The van der Waals surface area contributed by atoms with Crippen molar-refractivity contribution in [3.63, 3.8) is 0 Å². The molecule has 0 amide bonds. The van der Waals surface area contributed by atoms with Crippen molar-refractivity contribution >= 4 is 17.0 Å². The molecule has 2 aromatic rings. The van der Waals surface area contributed by atoms with Crippen LogP contribution in [0, 0.1) is 11.8 Å². The molecule has 0 unspecified atom stereocenters. The van der Waals surface area contributed by atoms with Crippen molar-refractivity contribution in [1.29, 1.82) is 0 Å². The van der Waals surface area contributed by atoms with E-state index in [1.54, 1.807) is 11.5 Å². The Morgan fingerprint density at radius 2 is 1.79 bits per heavy atom. The average Bonchev–Trinajstić information content (AvgIpc) is 3.18. The Labute approximate surface area is 203 Å². The molecule has 0 radical (unpaired) electrons. The lowest BCUT2D eigenvalue weighted by molar-refractivity contribution is 0.0516. The van der Waals surface area contributed by atoms with Gasteiger partial charge in [-0.15, -0.1) is 0 Å². The number of likely N-dealkylation sites (tertiary alicyclic amines) is 1. The lowest BCUT2D eigenvalue weighted by atomic mass is 9.79. The largest absolute Gasteiger partial charge is 0.461 e. The molecule has 1 aromatic carbocycles. The van der Waals surface area contributed by atoms with Gasteiger partial charge in [0.25, 0.3) is 5.56 Å². The minimum absolute atomic E-state index is 0.0432. The maximum absolute atomic E-state index is 13.4. The molecule has 1 aromatic heterocycles. The van der Waals surface area contributed by atoms with Gasteiger partial charge in [0.1, 0.15) is 0 Å². The summed E-state index contributed by atoms with van der Waals surface area (Å²) < 4.78 is 6.92. The number of esters is 1. The molecule has 4 rings (SSSR count). The second kappa shape index (κ2) is 10.6. The van der Waals surface area contributed by atoms with Crippen LogP contribution in [0.5, 0.6) is 0 Å². The summed E-state index contributed by atoms with van der Waals surface area (Å²) in [5.41, 5.74) is 0.972. The number of carbonyl (C=O) groups is 1. The molecule has 34 heavy (non-hydrogen) atoms. The highest BCUT2D eigenvalue weighted by Crippen LogP contribution is 2.39. The molecule has 186 valence electrons. The Morgan fingerprint density at radius 1 is 1.09 bits per heavy atom. The second-order valence-corrected chi connectivity index (χ2v) is 10.8. The van der Waals surface area contributed by atoms with Crippen LogP contribution in [0.4, 0.5) is 0 Å². The molecule has 2 fully saturated rings. The number of fused-ring (bicyclic) bond motifs is 1. The first-order valence-corrected chi connectivity index (χ1v) is 13.3. The molecule has 6 nitrogen and oxygen atoms in total. The van der Waals surface area contributed by atoms with E-state index >= 15 is 0 Å². The fourth-order valence-corrected chi connectivity index (χ4v) is 6.48. The van der Waals surface area contributed by atoms with E-state index in [2.05, 4.69) is 37.6 Å². The third-order valence-corrected chi connectivity index (χ3v) is 8.27. The lowest BCUT2D eigenvalue weighted by Gasteiger charge is -2.42.